The van der Waals surface area contributed by atoms with E-state index in [1.807, 2.05) is 47.1 Å². The van der Waals surface area contributed by atoms with Gasteiger partial charge in [-0.2, -0.15) is 0 Å². The number of nitrogens with zero attached hydrogens (tertiary/aromatic N) is 2. The Labute approximate surface area is 205 Å². The van der Waals surface area contributed by atoms with Crippen molar-refractivity contribution < 1.29 is 19.1 Å². The van der Waals surface area contributed by atoms with Crippen molar-refractivity contribution in [2.24, 2.45) is 5.92 Å². The van der Waals surface area contributed by atoms with Gasteiger partial charge < -0.3 is 19.4 Å². The number of aryl methyl sites for hydroxylation is 1. The van der Waals surface area contributed by atoms with Crippen molar-refractivity contribution in [1.82, 2.24) is 14.9 Å². The van der Waals surface area contributed by atoms with Crippen LogP contribution in [0.2, 0.25) is 0 Å². The predicted molar refractivity (Wildman–Crippen MR) is 135 cm³/mol. The van der Waals surface area contributed by atoms with Gasteiger partial charge in [0.25, 0.3) is 0 Å². The van der Waals surface area contributed by atoms with Gasteiger partial charge >= 0.3 is 11.9 Å². The Morgan fingerprint density at radius 3 is 2.76 bits per heavy atom. The predicted octanol–water partition coefficient (Wildman–Crippen LogP) is 4.38. The van der Waals surface area contributed by atoms with Gasteiger partial charge in [0.15, 0.2) is 0 Å². The van der Waals surface area contributed by atoms with Crippen LogP contribution in [-0.4, -0.2) is 46.3 Å². The van der Waals surface area contributed by atoms with Crippen LogP contribution in [0.5, 0.6) is 0 Å². The number of hydrogen-bond acceptors (Lipinski definition) is 7. The number of nitrogens with one attached hydrogen (secondary N) is 1. The molecule has 2 aromatic rings. The van der Waals surface area contributed by atoms with Gasteiger partial charge in [-0.25, -0.2) is 9.78 Å². The molecule has 0 saturated carbocycles. The molecule has 1 N–H and O–H groups in total. The number of hydrogen-bond donors (Lipinski definition) is 1. The summed E-state index contributed by atoms with van der Waals surface area (Å²) in [7, 11) is 0. The van der Waals surface area contributed by atoms with Crippen LogP contribution in [0.4, 0.5) is 0 Å². The summed E-state index contributed by atoms with van der Waals surface area (Å²) in [5.74, 6) is -0.612. The fourth-order valence-corrected chi connectivity index (χ4v) is 4.86. The number of fused-ring (bicyclic) bond motifs is 1. The molecule has 1 aliphatic carbocycles. The lowest BCUT2D eigenvalue weighted by Crippen LogP contribution is -2.44. The number of imidazole rings is 1. The molecule has 0 unspecified atom stereocenters. The second-order valence-electron chi connectivity index (χ2n) is 9.81. The molecule has 0 saturated heterocycles. The highest BCUT2D eigenvalue weighted by molar-refractivity contribution is 7.13. The van der Waals surface area contributed by atoms with Gasteiger partial charge in [-0.15, -0.1) is 11.3 Å². The van der Waals surface area contributed by atoms with E-state index in [9.17, 15) is 9.59 Å². The van der Waals surface area contributed by atoms with E-state index in [-0.39, 0.29) is 24.5 Å². The molecule has 3 rings (SSSR count). The zero-order chi connectivity index (χ0) is 24.7. The Balaban J connectivity index is 1.45. The van der Waals surface area contributed by atoms with Crippen LogP contribution in [0.25, 0.3) is 6.08 Å². The summed E-state index contributed by atoms with van der Waals surface area (Å²) in [6.45, 7) is 10.9. The van der Waals surface area contributed by atoms with E-state index in [2.05, 4.69) is 27.0 Å². The zero-order valence-corrected chi connectivity index (χ0v) is 21.5. The van der Waals surface area contributed by atoms with Crippen LogP contribution >= 0.6 is 11.3 Å². The molecule has 2 aromatic heterocycles. The van der Waals surface area contributed by atoms with E-state index in [0.29, 0.717) is 6.54 Å². The van der Waals surface area contributed by atoms with Crippen LogP contribution in [0.1, 0.15) is 56.4 Å². The van der Waals surface area contributed by atoms with Gasteiger partial charge in [-0.05, 0) is 62.8 Å². The molecule has 1 aliphatic rings. The van der Waals surface area contributed by atoms with E-state index >= 15 is 0 Å². The number of esters is 2. The Bertz CT molecular complexity index is 1030. The van der Waals surface area contributed by atoms with Crippen LogP contribution in [0, 0.1) is 5.92 Å². The molecule has 2 heterocycles. The maximum atomic E-state index is 12.4. The van der Waals surface area contributed by atoms with Gasteiger partial charge in [0.1, 0.15) is 18.2 Å². The fraction of sp³-hybridized carbons (Fsp3) is 0.500. The molecular formula is C26H35N3O4S. The first kappa shape index (κ1) is 25.9. The van der Waals surface area contributed by atoms with Crippen molar-refractivity contribution in [3.8, 4) is 0 Å². The molecular weight excluding hydrogens is 450 g/mol. The first-order valence-electron chi connectivity index (χ1n) is 11.7. The van der Waals surface area contributed by atoms with Crippen molar-refractivity contribution in [2.75, 3.05) is 13.2 Å². The largest absolute Gasteiger partial charge is 0.459 e. The Morgan fingerprint density at radius 1 is 1.29 bits per heavy atom. The van der Waals surface area contributed by atoms with Crippen LogP contribution in [0.15, 0.2) is 42.5 Å². The van der Waals surface area contributed by atoms with Crippen LogP contribution in [0.3, 0.4) is 0 Å². The van der Waals surface area contributed by atoms with Gasteiger partial charge in [0.2, 0.25) is 0 Å². The van der Waals surface area contributed by atoms with Crippen molar-refractivity contribution in [1.29, 1.82) is 0 Å². The van der Waals surface area contributed by atoms with E-state index < -0.39 is 11.6 Å². The maximum absolute atomic E-state index is 12.4. The summed E-state index contributed by atoms with van der Waals surface area (Å²) >= 11 is 1.77. The molecule has 0 amide bonds. The minimum absolute atomic E-state index is 0.0658. The normalized spacial score (nSPS) is 14.7. The monoisotopic (exact) mass is 485 g/mol. The van der Waals surface area contributed by atoms with Gasteiger partial charge in [-0.1, -0.05) is 19.9 Å². The summed E-state index contributed by atoms with van der Waals surface area (Å²) in [5.41, 5.74) is 1.93. The van der Waals surface area contributed by atoms with Gasteiger partial charge in [0.05, 0.1) is 12.9 Å². The minimum atomic E-state index is -0.537. The number of rotatable bonds is 10. The fourth-order valence-electron chi connectivity index (χ4n) is 3.64. The van der Waals surface area contributed by atoms with Crippen molar-refractivity contribution in [3.05, 3.63) is 57.8 Å². The zero-order valence-electron chi connectivity index (χ0n) is 20.7. The second kappa shape index (κ2) is 11.6. The molecule has 0 fully saturated rings. The number of carbonyl (C=O) groups is 2. The second-order valence-corrected chi connectivity index (χ2v) is 11.0. The number of aromatic nitrogens is 2. The molecule has 0 spiro atoms. The number of ether oxygens (including phenoxy) is 2. The molecule has 0 aromatic carbocycles. The van der Waals surface area contributed by atoms with Crippen LogP contribution < -0.4 is 5.32 Å². The van der Waals surface area contributed by atoms with Crippen LogP contribution in [-0.2, 0) is 32.0 Å². The van der Waals surface area contributed by atoms with Crippen molar-refractivity contribution in [3.63, 3.8) is 0 Å². The minimum Gasteiger partial charge on any atom is -0.459 e. The lowest BCUT2D eigenvalue weighted by Gasteiger charge is -2.26. The van der Waals surface area contributed by atoms with E-state index in [0.717, 1.165) is 25.0 Å². The Hall–Kier alpha value is -2.71. The summed E-state index contributed by atoms with van der Waals surface area (Å²) in [6.07, 6.45) is 12.6. The molecule has 0 bridgehead atoms. The molecule has 8 heteroatoms. The molecule has 184 valence electrons. The summed E-state index contributed by atoms with van der Waals surface area (Å²) < 4.78 is 13.0. The molecule has 0 radical (unpaired) electrons. The quantitative estimate of drug-likeness (QED) is 0.397. The third-order valence-corrected chi connectivity index (χ3v) is 6.39. The third kappa shape index (κ3) is 7.95. The highest BCUT2D eigenvalue weighted by Gasteiger charge is 2.27. The first-order chi connectivity index (χ1) is 16.1. The van der Waals surface area contributed by atoms with Gasteiger partial charge in [0, 0.05) is 34.8 Å². The van der Waals surface area contributed by atoms with E-state index in [4.69, 9.17) is 9.47 Å². The number of carbonyl (C=O) groups excluding carboxylic acids is 2. The smallest absolute Gasteiger partial charge is 0.330 e. The van der Waals surface area contributed by atoms with Gasteiger partial charge in [-0.3, -0.25) is 4.79 Å². The molecule has 0 aliphatic heterocycles. The summed E-state index contributed by atoms with van der Waals surface area (Å²) in [6, 6.07) is 1.82. The van der Waals surface area contributed by atoms with E-state index in [1.165, 1.54) is 21.4 Å². The topological polar surface area (TPSA) is 82.5 Å². The molecule has 1 atom stereocenters. The van der Waals surface area contributed by atoms with E-state index in [1.54, 1.807) is 23.6 Å². The van der Waals surface area contributed by atoms with Crippen molar-refractivity contribution in [2.45, 2.75) is 65.6 Å². The highest BCUT2D eigenvalue weighted by atomic mass is 32.1. The lowest BCUT2D eigenvalue weighted by atomic mass is 9.98. The maximum Gasteiger partial charge on any atom is 0.330 e. The molecule has 34 heavy (non-hydrogen) atoms. The molecule has 7 nitrogen and oxygen atoms in total. The van der Waals surface area contributed by atoms with Crippen molar-refractivity contribution >= 4 is 29.4 Å². The first-order valence-corrected chi connectivity index (χ1v) is 12.5. The summed E-state index contributed by atoms with van der Waals surface area (Å²) in [4.78, 5) is 31.1. The average molecular weight is 486 g/mol. The third-order valence-electron chi connectivity index (χ3n) is 5.28. The summed E-state index contributed by atoms with van der Waals surface area (Å²) in [5, 5.41) is 3.15. The average Bonchev–Trinajstić information content (AvgIpc) is 3.39. The Morgan fingerprint density at radius 2 is 2.09 bits per heavy atom. The number of thiophene rings is 1. The SMILES string of the molecule is CC(C)[C@@H](NCC=CC(=O)OCC1=Cc2sc(Cn3ccnc3)cc2CC1)C(=O)OC(C)(C)C. The lowest BCUT2D eigenvalue weighted by molar-refractivity contribution is -0.158. The highest BCUT2D eigenvalue weighted by Crippen LogP contribution is 2.32. The standard InChI is InChI=1S/C26H35N3O4S/c1-18(2)24(25(31)33-26(3,4)5)28-10-6-7-23(30)32-16-19-8-9-20-14-21(34-22(20)13-19)15-29-12-11-27-17-29/h6-7,11-14,17-18,24,28H,8-10,15-16H2,1-5H3/t24-/m1/s1. The Kier molecular flexibility index (Phi) is 8.85.